The second kappa shape index (κ2) is 6.17. The molecular formula is C16H19N3O4. The standard InChI is InChI=1S/C16H19N3O4/c1-11-17-16(19(18-11)8-13-9-20-4-5-21-13)7-12-2-3-14-15(6-12)23-10-22-14/h2-3,6,13H,4-5,7-10H2,1H3. The van der Waals surface area contributed by atoms with Crippen LogP contribution in [0.15, 0.2) is 18.2 Å². The van der Waals surface area contributed by atoms with Crippen molar-refractivity contribution < 1.29 is 18.9 Å². The third-order valence-corrected chi connectivity index (χ3v) is 3.91. The van der Waals surface area contributed by atoms with Gasteiger partial charge >= 0.3 is 0 Å². The first-order valence-electron chi connectivity index (χ1n) is 7.76. The first-order chi connectivity index (χ1) is 11.3. The molecule has 1 unspecified atom stereocenters. The minimum atomic E-state index is 0.0281. The van der Waals surface area contributed by atoms with Crippen LogP contribution in [0, 0.1) is 6.92 Å². The van der Waals surface area contributed by atoms with Crippen molar-refractivity contribution in [2.45, 2.75) is 26.0 Å². The third-order valence-electron chi connectivity index (χ3n) is 3.91. The number of fused-ring (bicyclic) bond motifs is 1. The fraction of sp³-hybridized carbons (Fsp3) is 0.500. The Morgan fingerprint density at radius 1 is 1.22 bits per heavy atom. The summed E-state index contributed by atoms with van der Waals surface area (Å²) in [5, 5.41) is 4.49. The normalized spacial score (nSPS) is 20.0. The summed E-state index contributed by atoms with van der Waals surface area (Å²) in [5.41, 5.74) is 1.11. The van der Waals surface area contributed by atoms with Gasteiger partial charge in [-0.1, -0.05) is 6.07 Å². The zero-order chi connectivity index (χ0) is 15.6. The predicted octanol–water partition coefficient (Wildman–Crippen LogP) is 1.32. The monoisotopic (exact) mass is 317 g/mol. The van der Waals surface area contributed by atoms with Crippen molar-refractivity contribution >= 4 is 0 Å². The number of hydrogen-bond donors (Lipinski definition) is 0. The van der Waals surface area contributed by atoms with E-state index in [-0.39, 0.29) is 12.9 Å². The molecule has 0 bridgehead atoms. The van der Waals surface area contributed by atoms with Crippen LogP contribution in [-0.4, -0.2) is 47.5 Å². The molecule has 1 saturated heterocycles. The highest BCUT2D eigenvalue weighted by Crippen LogP contribution is 2.33. The fourth-order valence-corrected chi connectivity index (χ4v) is 2.84. The molecule has 122 valence electrons. The van der Waals surface area contributed by atoms with Crippen molar-refractivity contribution in [1.29, 1.82) is 0 Å². The molecule has 0 saturated carbocycles. The van der Waals surface area contributed by atoms with Gasteiger partial charge in [0.2, 0.25) is 6.79 Å². The maximum Gasteiger partial charge on any atom is 0.231 e. The molecule has 1 atom stereocenters. The van der Waals surface area contributed by atoms with Crippen LogP contribution in [-0.2, 0) is 22.4 Å². The molecule has 0 spiro atoms. The largest absolute Gasteiger partial charge is 0.454 e. The molecular weight excluding hydrogens is 298 g/mol. The lowest BCUT2D eigenvalue weighted by molar-refractivity contribution is -0.0948. The number of ether oxygens (including phenoxy) is 4. The van der Waals surface area contributed by atoms with Gasteiger partial charge in [0, 0.05) is 6.42 Å². The van der Waals surface area contributed by atoms with Crippen LogP contribution < -0.4 is 9.47 Å². The molecule has 0 radical (unpaired) electrons. The summed E-state index contributed by atoms with van der Waals surface area (Å²) in [7, 11) is 0. The number of aromatic nitrogens is 3. The Morgan fingerprint density at radius 2 is 2.13 bits per heavy atom. The Labute approximate surface area is 134 Å². The highest BCUT2D eigenvalue weighted by molar-refractivity contribution is 5.45. The molecule has 23 heavy (non-hydrogen) atoms. The topological polar surface area (TPSA) is 67.6 Å². The summed E-state index contributed by atoms with van der Waals surface area (Å²) < 4.78 is 23.9. The quantitative estimate of drug-likeness (QED) is 0.847. The maximum absolute atomic E-state index is 5.71. The van der Waals surface area contributed by atoms with Gasteiger partial charge in [-0.15, -0.1) is 0 Å². The van der Waals surface area contributed by atoms with E-state index in [2.05, 4.69) is 10.1 Å². The molecule has 1 aromatic carbocycles. The van der Waals surface area contributed by atoms with E-state index in [1.54, 1.807) is 0 Å². The van der Waals surface area contributed by atoms with Crippen molar-refractivity contribution in [2.24, 2.45) is 0 Å². The van der Waals surface area contributed by atoms with Gasteiger partial charge in [-0.3, -0.25) is 0 Å². The number of hydrogen-bond acceptors (Lipinski definition) is 6. The molecule has 0 N–H and O–H groups in total. The summed E-state index contributed by atoms with van der Waals surface area (Å²) >= 11 is 0. The fourth-order valence-electron chi connectivity index (χ4n) is 2.84. The van der Waals surface area contributed by atoms with Crippen LogP contribution in [0.5, 0.6) is 11.5 Å². The first kappa shape index (κ1) is 14.5. The predicted molar refractivity (Wildman–Crippen MR) is 80.7 cm³/mol. The molecule has 2 aromatic rings. The van der Waals surface area contributed by atoms with Gasteiger partial charge in [0.1, 0.15) is 17.8 Å². The Kier molecular flexibility index (Phi) is 3.88. The van der Waals surface area contributed by atoms with Crippen LogP contribution in [0.1, 0.15) is 17.2 Å². The molecule has 1 fully saturated rings. The van der Waals surface area contributed by atoms with Crippen LogP contribution in [0.25, 0.3) is 0 Å². The van der Waals surface area contributed by atoms with E-state index < -0.39 is 0 Å². The minimum Gasteiger partial charge on any atom is -0.454 e. The van der Waals surface area contributed by atoms with E-state index in [1.165, 1.54) is 0 Å². The number of rotatable bonds is 4. The van der Waals surface area contributed by atoms with E-state index in [9.17, 15) is 0 Å². The van der Waals surface area contributed by atoms with Gasteiger partial charge in [0.05, 0.1) is 26.4 Å². The highest BCUT2D eigenvalue weighted by Gasteiger charge is 2.19. The minimum absolute atomic E-state index is 0.0281. The van der Waals surface area contributed by atoms with Gasteiger partial charge in [-0.05, 0) is 24.6 Å². The van der Waals surface area contributed by atoms with Crippen LogP contribution in [0.2, 0.25) is 0 Å². The second-order valence-corrected chi connectivity index (χ2v) is 5.69. The number of aryl methyl sites for hydroxylation is 1. The molecule has 1 aromatic heterocycles. The lowest BCUT2D eigenvalue weighted by Crippen LogP contribution is -2.33. The molecule has 4 rings (SSSR count). The van der Waals surface area contributed by atoms with Gasteiger partial charge in [-0.2, -0.15) is 5.10 Å². The van der Waals surface area contributed by atoms with Gasteiger partial charge in [0.25, 0.3) is 0 Å². The Balaban J connectivity index is 1.52. The Hall–Kier alpha value is -2.12. The van der Waals surface area contributed by atoms with E-state index in [1.807, 2.05) is 29.8 Å². The second-order valence-electron chi connectivity index (χ2n) is 5.69. The number of benzene rings is 1. The van der Waals surface area contributed by atoms with Gasteiger partial charge < -0.3 is 18.9 Å². The number of nitrogens with zero attached hydrogens (tertiary/aromatic N) is 3. The molecule has 2 aliphatic rings. The average molecular weight is 317 g/mol. The summed E-state index contributed by atoms with van der Waals surface area (Å²) in [6.07, 6.45) is 0.714. The van der Waals surface area contributed by atoms with Crippen LogP contribution in [0.3, 0.4) is 0 Å². The van der Waals surface area contributed by atoms with E-state index in [0.29, 0.717) is 32.8 Å². The zero-order valence-electron chi connectivity index (χ0n) is 13.0. The average Bonchev–Trinajstić information content (AvgIpc) is 3.15. The van der Waals surface area contributed by atoms with Crippen molar-refractivity contribution in [3.63, 3.8) is 0 Å². The SMILES string of the molecule is Cc1nc(Cc2ccc3c(c2)OCO3)n(CC2COCCO2)n1. The van der Waals surface area contributed by atoms with Crippen molar-refractivity contribution in [1.82, 2.24) is 14.8 Å². The molecule has 2 aliphatic heterocycles. The van der Waals surface area contributed by atoms with Crippen molar-refractivity contribution in [3.8, 4) is 11.5 Å². The molecule has 7 nitrogen and oxygen atoms in total. The van der Waals surface area contributed by atoms with Crippen molar-refractivity contribution in [3.05, 3.63) is 35.4 Å². The van der Waals surface area contributed by atoms with Crippen LogP contribution >= 0.6 is 0 Å². The smallest absolute Gasteiger partial charge is 0.231 e. The molecule has 0 amide bonds. The zero-order valence-corrected chi connectivity index (χ0v) is 13.0. The molecule has 0 aliphatic carbocycles. The summed E-state index contributed by atoms with van der Waals surface area (Å²) in [5.74, 6) is 3.25. The lowest BCUT2D eigenvalue weighted by atomic mass is 10.1. The lowest BCUT2D eigenvalue weighted by Gasteiger charge is -2.23. The Morgan fingerprint density at radius 3 is 3.00 bits per heavy atom. The van der Waals surface area contributed by atoms with Crippen LogP contribution in [0.4, 0.5) is 0 Å². The summed E-state index contributed by atoms with van der Waals surface area (Å²) in [6.45, 7) is 4.74. The van der Waals surface area contributed by atoms with E-state index >= 15 is 0 Å². The first-order valence-corrected chi connectivity index (χ1v) is 7.76. The third kappa shape index (κ3) is 3.16. The summed E-state index contributed by atoms with van der Waals surface area (Å²) in [4.78, 5) is 4.55. The van der Waals surface area contributed by atoms with Gasteiger partial charge in [0.15, 0.2) is 11.5 Å². The maximum atomic E-state index is 5.71. The van der Waals surface area contributed by atoms with E-state index in [0.717, 1.165) is 28.7 Å². The van der Waals surface area contributed by atoms with E-state index in [4.69, 9.17) is 18.9 Å². The van der Waals surface area contributed by atoms with Crippen molar-refractivity contribution in [2.75, 3.05) is 26.6 Å². The summed E-state index contributed by atoms with van der Waals surface area (Å²) in [6, 6.07) is 5.96. The highest BCUT2D eigenvalue weighted by atomic mass is 16.7. The molecule has 3 heterocycles. The van der Waals surface area contributed by atoms with Gasteiger partial charge in [-0.25, -0.2) is 9.67 Å². The molecule has 7 heteroatoms. The Bertz CT molecular complexity index is 695.